The molecule has 2 aromatic rings. The zero-order valence-corrected chi connectivity index (χ0v) is 13.0. The molecule has 1 aromatic heterocycles. The van der Waals surface area contributed by atoms with Crippen LogP contribution in [0.4, 0.5) is 5.69 Å². The molecular weight excluding hydrogens is 340 g/mol. The zero-order valence-electron chi connectivity index (χ0n) is 11.5. The lowest BCUT2D eigenvalue weighted by Gasteiger charge is -2.06. The van der Waals surface area contributed by atoms with Crippen LogP contribution in [-0.4, -0.2) is 20.6 Å². The predicted molar refractivity (Wildman–Crippen MR) is 79.9 cm³/mol. The molecule has 0 spiro atoms. The van der Waals surface area contributed by atoms with E-state index in [1.165, 1.54) is 18.2 Å². The number of rotatable bonds is 4. The number of carbonyl (C=O) groups is 1. The smallest absolute Gasteiger partial charge is 0.284 e. The number of amides is 1. The molecule has 0 saturated carbocycles. The fourth-order valence-electron chi connectivity index (χ4n) is 1.93. The van der Waals surface area contributed by atoms with Gasteiger partial charge in [0.25, 0.3) is 11.6 Å². The summed E-state index contributed by atoms with van der Waals surface area (Å²) in [5.74, 6) is -0.381. The number of carbonyl (C=O) groups excluding carboxylic acids is 1. The summed E-state index contributed by atoms with van der Waals surface area (Å²) in [6.07, 6.45) is 1.82. The molecule has 0 saturated heterocycles. The van der Waals surface area contributed by atoms with Crippen molar-refractivity contribution in [2.75, 3.05) is 0 Å². The molecular formula is C13H13BrN4O3. The van der Waals surface area contributed by atoms with Crippen LogP contribution in [0.3, 0.4) is 0 Å². The molecule has 2 rings (SSSR count). The number of nitro groups is 1. The summed E-state index contributed by atoms with van der Waals surface area (Å²) in [5, 5.41) is 17.8. The van der Waals surface area contributed by atoms with Crippen LogP contribution >= 0.6 is 15.9 Å². The van der Waals surface area contributed by atoms with E-state index in [0.717, 1.165) is 11.3 Å². The van der Waals surface area contributed by atoms with Crippen molar-refractivity contribution < 1.29 is 9.72 Å². The van der Waals surface area contributed by atoms with Crippen molar-refractivity contribution in [3.8, 4) is 0 Å². The van der Waals surface area contributed by atoms with Crippen molar-refractivity contribution in [3.05, 3.63) is 55.8 Å². The first-order chi connectivity index (χ1) is 9.90. The number of benzene rings is 1. The maximum absolute atomic E-state index is 12.1. The van der Waals surface area contributed by atoms with Crippen LogP contribution in [0.1, 0.15) is 21.6 Å². The van der Waals surface area contributed by atoms with E-state index < -0.39 is 4.92 Å². The third kappa shape index (κ3) is 3.27. The van der Waals surface area contributed by atoms with Gasteiger partial charge in [-0.3, -0.25) is 19.6 Å². The quantitative estimate of drug-likeness (QED) is 0.675. The highest BCUT2D eigenvalue weighted by molar-refractivity contribution is 9.10. The summed E-state index contributed by atoms with van der Waals surface area (Å²) in [5.41, 5.74) is 1.81. The van der Waals surface area contributed by atoms with Gasteiger partial charge >= 0.3 is 0 Å². The number of aryl methyl sites for hydroxylation is 2. The first-order valence-electron chi connectivity index (χ1n) is 6.10. The fourth-order valence-corrected chi connectivity index (χ4v) is 2.52. The molecule has 1 heterocycles. The molecule has 1 N–H and O–H groups in total. The molecule has 0 aliphatic carbocycles. The largest absolute Gasteiger partial charge is 0.348 e. The Kier molecular flexibility index (Phi) is 4.37. The summed E-state index contributed by atoms with van der Waals surface area (Å²) in [7, 11) is 1.80. The average molecular weight is 353 g/mol. The Balaban J connectivity index is 2.16. The molecule has 110 valence electrons. The van der Waals surface area contributed by atoms with Gasteiger partial charge in [-0.2, -0.15) is 5.10 Å². The van der Waals surface area contributed by atoms with Gasteiger partial charge in [0.15, 0.2) is 0 Å². The van der Waals surface area contributed by atoms with Crippen LogP contribution < -0.4 is 5.32 Å². The summed E-state index contributed by atoms with van der Waals surface area (Å²) in [6, 6.07) is 4.35. The molecule has 0 atom stereocenters. The molecule has 21 heavy (non-hydrogen) atoms. The lowest BCUT2D eigenvalue weighted by Crippen LogP contribution is -2.23. The van der Waals surface area contributed by atoms with Crippen molar-refractivity contribution >= 4 is 27.5 Å². The highest BCUT2D eigenvalue weighted by atomic mass is 79.9. The van der Waals surface area contributed by atoms with Crippen molar-refractivity contribution in [1.82, 2.24) is 15.1 Å². The van der Waals surface area contributed by atoms with Gasteiger partial charge in [0.05, 0.1) is 16.2 Å². The molecule has 0 aliphatic rings. The van der Waals surface area contributed by atoms with E-state index in [-0.39, 0.29) is 21.6 Å². The van der Waals surface area contributed by atoms with Crippen LogP contribution in [0, 0.1) is 17.0 Å². The number of nitrogens with zero attached hydrogens (tertiary/aromatic N) is 3. The summed E-state index contributed by atoms with van der Waals surface area (Å²) in [4.78, 5) is 22.5. The van der Waals surface area contributed by atoms with E-state index in [1.807, 2.05) is 13.1 Å². The molecule has 7 nitrogen and oxygen atoms in total. The van der Waals surface area contributed by atoms with E-state index >= 15 is 0 Å². The maximum Gasteiger partial charge on any atom is 0.284 e. The van der Waals surface area contributed by atoms with Crippen molar-refractivity contribution in [2.45, 2.75) is 13.5 Å². The van der Waals surface area contributed by atoms with Crippen molar-refractivity contribution in [2.24, 2.45) is 7.05 Å². The molecule has 0 bridgehead atoms. The van der Waals surface area contributed by atoms with Gasteiger partial charge < -0.3 is 5.32 Å². The zero-order chi connectivity index (χ0) is 15.6. The Hall–Kier alpha value is -2.22. The molecule has 8 heteroatoms. The SMILES string of the molecule is Cc1nn(C)cc1CNC(=O)c1cccc([N+](=O)[O-])c1Br. The number of nitrogens with one attached hydrogen (secondary N) is 1. The summed E-state index contributed by atoms with van der Waals surface area (Å²) < 4.78 is 1.84. The monoisotopic (exact) mass is 352 g/mol. The second kappa shape index (κ2) is 6.04. The van der Waals surface area contributed by atoms with Gasteiger partial charge in [-0.25, -0.2) is 0 Å². The summed E-state index contributed by atoms with van der Waals surface area (Å²) >= 11 is 3.11. The standard InChI is InChI=1S/C13H13BrN4O3/c1-8-9(7-17(2)16-8)6-15-13(19)10-4-3-5-11(12(10)14)18(20)21/h3-5,7H,6H2,1-2H3,(H,15,19). The Morgan fingerprint density at radius 1 is 1.52 bits per heavy atom. The number of hydrogen-bond donors (Lipinski definition) is 1. The van der Waals surface area contributed by atoms with Crippen molar-refractivity contribution in [3.63, 3.8) is 0 Å². The van der Waals surface area contributed by atoms with Gasteiger partial charge in [0.2, 0.25) is 0 Å². The van der Waals surface area contributed by atoms with Crippen LogP contribution in [0.5, 0.6) is 0 Å². The molecule has 1 aromatic carbocycles. The molecule has 0 aliphatic heterocycles. The highest BCUT2D eigenvalue weighted by Crippen LogP contribution is 2.28. The molecule has 1 amide bonds. The Bertz CT molecular complexity index is 711. The Morgan fingerprint density at radius 2 is 2.24 bits per heavy atom. The normalized spacial score (nSPS) is 10.4. The number of aromatic nitrogens is 2. The first kappa shape index (κ1) is 15.2. The molecule has 0 fully saturated rings. The topological polar surface area (TPSA) is 90.1 Å². The minimum Gasteiger partial charge on any atom is -0.348 e. The second-order valence-electron chi connectivity index (χ2n) is 4.49. The van der Waals surface area contributed by atoms with Gasteiger partial charge in [0.1, 0.15) is 4.47 Å². The minimum absolute atomic E-state index is 0.139. The maximum atomic E-state index is 12.1. The second-order valence-corrected chi connectivity index (χ2v) is 5.28. The fraction of sp³-hybridized carbons (Fsp3) is 0.231. The van der Waals surface area contributed by atoms with Gasteiger partial charge in [0, 0.05) is 31.4 Å². The Labute approximate surface area is 129 Å². The van der Waals surface area contributed by atoms with Gasteiger partial charge in [-0.05, 0) is 28.9 Å². The van der Waals surface area contributed by atoms with E-state index in [2.05, 4.69) is 26.3 Å². The van der Waals surface area contributed by atoms with Crippen LogP contribution in [-0.2, 0) is 13.6 Å². The third-order valence-electron chi connectivity index (χ3n) is 2.97. The lowest BCUT2D eigenvalue weighted by atomic mass is 10.2. The van der Waals surface area contributed by atoms with E-state index in [4.69, 9.17) is 0 Å². The summed E-state index contributed by atoms with van der Waals surface area (Å²) in [6.45, 7) is 2.17. The highest BCUT2D eigenvalue weighted by Gasteiger charge is 2.19. The number of hydrogen-bond acceptors (Lipinski definition) is 4. The third-order valence-corrected chi connectivity index (χ3v) is 3.81. The molecule has 0 unspecified atom stereocenters. The average Bonchev–Trinajstić information content (AvgIpc) is 2.74. The van der Waals surface area contributed by atoms with Crippen LogP contribution in [0.15, 0.2) is 28.9 Å². The van der Waals surface area contributed by atoms with Crippen LogP contribution in [0.25, 0.3) is 0 Å². The predicted octanol–water partition coefficient (Wildman–Crippen LogP) is 2.33. The van der Waals surface area contributed by atoms with E-state index in [1.54, 1.807) is 11.7 Å². The number of nitro benzene ring substituents is 1. The Morgan fingerprint density at radius 3 is 2.81 bits per heavy atom. The first-order valence-corrected chi connectivity index (χ1v) is 6.89. The van der Waals surface area contributed by atoms with Gasteiger partial charge in [-0.1, -0.05) is 6.07 Å². The van der Waals surface area contributed by atoms with Crippen LogP contribution in [0.2, 0.25) is 0 Å². The van der Waals surface area contributed by atoms with E-state index in [0.29, 0.717) is 6.54 Å². The number of halogens is 1. The lowest BCUT2D eigenvalue weighted by molar-refractivity contribution is -0.385. The van der Waals surface area contributed by atoms with Crippen molar-refractivity contribution in [1.29, 1.82) is 0 Å². The minimum atomic E-state index is -0.536. The molecule has 0 radical (unpaired) electrons. The van der Waals surface area contributed by atoms with Gasteiger partial charge in [-0.15, -0.1) is 0 Å². The van der Waals surface area contributed by atoms with E-state index in [9.17, 15) is 14.9 Å².